The van der Waals surface area contributed by atoms with Crippen molar-refractivity contribution in [3.8, 4) is 16.3 Å². The molecular formula is C21H22N4O4S. The third kappa shape index (κ3) is 5.77. The third-order valence-electron chi connectivity index (χ3n) is 4.17. The summed E-state index contributed by atoms with van der Waals surface area (Å²) in [5, 5.41) is 19.3. The van der Waals surface area contributed by atoms with Gasteiger partial charge in [-0.05, 0) is 31.2 Å². The Hall–Kier alpha value is -3.46. The summed E-state index contributed by atoms with van der Waals surface area (Å²) in [6.45, 7) is 3.45. The fourth-order valence-corrected chi connectivity index (χ4v) is 3.62. The predicted molar refractivity (Wildman–Crippen MR) is 117 cm³/mol. The van der Waals surface area contributed by atoms with E-state index < -0.39 is 4.92 Å². The molecule has 30 heavy (non-hydrogen) atoms. The van der Waals surface area contributed by atoms with Gasteiger partial charge in [-0.15, -0.1) is 11.3 Å². The summed E-state index contributed by atoms with van der Waals surface area (Å²) in [5.41, 5.74) is 2.43. The number of hydrogen-bond acceptors (Lipinski definition) is 7. The lowest BCUT2D eigenvalue weighted by atomic mass is 10.2. The number of non-ortho nitro benzene ring substituents is 1. The van der Waals surface area contributed by atoms with Crippen molar-refractivity contribution < 1.29 is 14.5 Å². The van der Waals surface area contributed by atoms with Crippen LogP contribution in [0.2, 0.25) is 0 Å². The molecular weight excluding hydrogens is 404 g/mol. The van der Waals surface area contributed by atoms with Crippen LogP contribution in [0.4, 0.5) is 11.4 Å². The molecule has 0 saturated heterocycles. The van der Waals surface area contributed by atoms with Crippen LogP contribution in [-0.2, 0) is 11.2 Å². The van der Waals surface area contributed by atoms with Crippen LogP contribution in [0.5, 0.6) is 5.75 Å². The van der Waals surface area contributed by atoms with Gasteiger partial charge in [0.15, 0.2) is 0 Å². The Kier molecular flexibility index (Phi) is 7.34. The fraction of sp³-hybridized carbons (Fsp3) is 0.238. The highest BCUT2D eigenvalue weighted by Gasteiger charge is 2.12. The molecule has 0 spiro atoms. The number of benzene rings is 2. The summed E-state index contributed by atoms with van der Waals surface area (Å²) in [6, 6.07) is 13.9. The normalized spacial score (nSPS) is 10.4. The summed E-state index contributed by atoms with van der Waals surface area (Å²) in [5.74, 6) is 0.665. The molecule has 0 unspecified atom stereocenters. The highest BCUT2D eigenvalue weighted by Crippen LogP contribution is 2.32. The molecule has 0 radical (unpaired) electrons. The highest BCUT2D eigenvalue weighted by molar-refractivity contribution is 7.13. The van der Waals surface area contributed by atoms with E-state index in [9.17, 15) is 14.9 Å². The standard InChI is InChI=1S/C21H22N4O4S/c1-2-29-19-6-4-3-5-18(19)21-24-16(14-30-21)13-20(26)23-12-11-22-15-7-9-17(10-8-15)25(27)28/h3-10,14,22H,2,11-13H2,1H3,(H,23,26). The molecule has 0 aliphatic rings. The van der Waals surface area contributed by atoms with Crippen molar-refractivity contribution in [1.29, 1.82) is 0 Å². The number of nitro groups is 1. The second-order valence-corrected chi connectivity index (χ2v) is 7.19. The number of carbonyl (C=O) groups excluding carboxylic acids is 1. The number of carbonyl (C=O) groups is 1. The quantitative estimate of drug-likeness (QED) is 0.289. The maximum Gasteiger partial charge on any atom is 0.269 e. The van der Waals surface area contributed by atoms with E-state index >= 15 is 0 Å². The SMILES string of the molecule is CCOc1ccccc1-c1nc(CC(=O)NCCNc2ccc([N+](=O)[O-])cc2)cs1. The van der Waals surface area contributed by atoms with E-state index in [2.05, 4.69) is 15.6 Å². The predicted octanol–water partition coefficient (Wildman–Crippen LogP) is 3.89. The first kappa shape index (κ1) is 21.3. The lowest BCUT2D eigenvalue weighted by molar-refractivity contribution is -0.384. The molecule has 0 aliphatic carbocycles. The number of rotatable bonds is 10. The van der Waals surface area contributed by atoms with Crippen molar-refractivity contribution >= 4 is 28.6 Å². The fourth-order valence-electron chi connectivity index (χ4n) is 2.77. The molecule has 1 heterocycles. The molecule has 3 aromatic rings. The van der Waals surface area contributed by atoms with Gasteiger partial charge in [-0.25, -0.2) is 4.98 Å². The van der Waals surface area contributed by atoms with E-state index in [0.717, 1.165) is 22.0 Å². The van der Waals surface area contributed by atoms with Crippen molar-refractivity contribution in [2.24, 2.45) is 0 Å². The first-order valence-corrected chi connectivity index (χ1v) is 10.4. The van der Waals surface area contributed by atoms with Gasteiger partial charge >= 0.3 is 0 Å². The Labute approximate surface area is 178 Å². The van der Waals surface area contributed by atoms with E-state index in [0.29, 0.717) is 25.4 Å². The Morgan fingerprint density at radius 3 is 2.67 bits per heavy atom. The molecule has 0 saturated carbocycles. The number of para-hydroxylation sites is 1. The van der Waals surface area contributed by atoms with Crippen molar-refractivity contribution in [3.05, 3.63) is 69.7 Å². The monoisotopic (exact) mass is 426 g/mol. The van der Waals surface area contributed by atoms with Crippen molar-refractivity contribution in [1.82, 2.24) is 10.3 Å². The number of nitrogens with zero attached hydrogens (tertiary/aromatic N) is 2. The number of amides is 1. The highest BCUT2D eigenvalue weighted by atomic mass is 32.1. The van der Waals surface area contributed by atoms with Gasteiger partial charge in [0.05, 0.1) is 29.2 Å². The first-order chi connectivity index (χ1) is 14.6. The zero-order valence-electron chi connectivity index (χ0n) is 16.5. The lowest BCUT2D eigenvalue weighted by Gasteiger charge is -2.08. The summed E-state index contributed by atoms with van der Waals surface area (Å²) in [4.78, 5) is 27.0. The smallest absolute Gasteiger partial charge is 0.269 e. The van der Waals surface area contributed by atoms with Crippen LogP contribution in [0.1, 0.15) is 12.6 Å². The third-order valence-corrected chi connectivity index (χ3v) is 5.09. The molecule has 156 valence electrons. The molecule has 8 nitrogen and oxygen atoms in total. The molecule has 1 amide bonds. The molecule has 2 N–H and O–H groups in total. The number of ether oxygens (including phenoxy) is 1. The average Bonchev–Trinajstić information content (AvgIpc) is 3.20. The van der Waals surface area contributed by atoms with Crippen molar-refractivity contribution in [2.75, 3.05) is 25.0 Å². The zero-order chi connectivity index (χ0) is 21.3. The van der Waals surface area contributed by atoms with Gasteiger partial charge in [0.25, 0.3) is 5.69 Å². The summed E-state index contributed by atoms with van der Waals surface area (Å²) < 4.78 is 5.65. The Morgan fingerprint density at radius 1 is 1.17 bits per heavy atom. The largest absolute Gasteiger partial charge is 0.493 e. The minimum absolute atomic E-state index is 0.0420. The second kappa shape index (κ2) is 10.4. The number of aromatic nitrogens is 1. The van der Waals surface area contributed by atoms with Crippen LogP contribution in [0.25, 0.3) is 10.6 Å². The minimum Gasteiger partial charge on any atom is -0.493 e. The number of nitro benzene ring substituents is 1. The van der Waals surface area contributed by atoms with E-state index in [1.54, 1.807) is 12.1 Å². The van der Waals surface area contributed by atoms with Crippen molar-refractivity contribution in [2.45, 2.75) is 13.3 Å². The summed E-state index contributed by atoms with van der Waals surface area (Å²) in [6.07, 6.45) is 0.199. The molecule has 2 aromatic carbocycles. The van der Waals surface area contributed by atoms with Gasteiger partial charge in [0.1, 0.15) is 10.8 Å². The molecule has 0 fully saturated rings. The van der Waals surface area contributed by atoms with Gasteiger partial charge in [-0.3, -0.25) is 14.9 Å². The second-order valence-electron chi connectivity index (χ2n) is 6.33. The van der Waals surface area contributed by atoms with Crippen LogP contribution >= 0.6 is 11.3 Å². The maximum absolute atomic E-state index is 12.2. The van der Waals surface area contributed by atoms with Crippen molar-refractivity contribution in [3.63, 3.8) is 0 Å². The van der Waals surface area contributed by atoms with Crippen LogP contribution in [-0.4, -0.2) is 35.5 Å². The Balaban J connectivity index is 1.46. The molecule has 1 aromatic heterocycles. The molecule has 3 rings (SSSR count). The number of nitrogens with one attached hydrogen (secondary N) is 2. The van der Waals surface area contributed by atoms with Gasteiger partial charge in [0, 0.05) is 36.3 Å². The summed E-state index contributed by atoms with van der Waals surface area (Å²) in [7, 11) is 0. The van der Waals surface area contributed by atoms with E-state index in [1.807, 2.05) is 36.6 Å². The minimum atomic E-state index is -0.441. The van der Waals surface area contributed by atoms with Gasteiger partial charge in [-0.2, -0.15) is 0 Å². The molecule has 0 bridgehead atoms. The summed E-state index contributed by atoms with van der Waals surface area (Å²) >= 11 is 1.48. The van der Waals surface area contributed by atoms with Gasteiger partial charge < -0.3 is 15.4 Å². The van der Waals surface area contributed by atoms with Gasteiger partial charge in [-0.1, -0.05) is 12.1 Å². The number of anilines is 1. The van der Waals surface area contributed by atoms with Gasteiger partial charge in [0.2, 0.25) is 5.91 Å². The zero-order valence-corrected chi connectivity index (χ0v) is 17.3. The van der Waals surface area contributed by atoms with E-state index in [4.69, 9.17) is 4.74 Å². The average molecular weight is 426 g/mol. The molecule has 0 atom stereocenters. The Morgan fingerprint density at radius 2 is 1.93 bits per heavy atom. The maximum atomic E-state index is 12.2. The first-order valence-electron chi connectivity index (χ1n) is 9.48. The number of thiazole rings is 1. The van der Waals surface area contributed by atoms with Crippen LogP contribution in [0.15, 0.2) is 53.9 Å². The van der Waals surface area contributed by atoms with Crippen LogP contribution in [0, 0.1) is 10.1 Å². The van der Waals surface area contributed by atoms with Crippen LogP contribution in [0.3, 0.4) is 0 Å². The Bertz CT molecular complexity index is 1000. The number of hydrogen-bond donors (Lipinski definition) is 2. The van der Waals surface area contributed by atoms with E-state index in [1.165, 1.54) is 23.5 Å². The van der Waals surface area contributed by atoms with E-state index in [-0.39, 0.29) is 18.0 Å². The van der Waals surface area contributed by atoms with Crippen LogP contribution < -0.4 is 15.4 Å². The lowest BCUT2D eigenvalue weighted by Crippen LogP contribution is -2.30. The molecule has 9 heteroatoms. The molecule has 0 aliphatic heterocycles. The topological polar surface area (TPSA) is 106 Å².